The minimum atomic E-state index is -1.05. The van der Waals surface area contributed by atoms with Gasteiger partial charge in [-0.3, -0.25) is 0 Å². The van der Waals surface area contributed by atoms with Gasteiger partial charge in [-0.2, -0.15) is 0 Å². The number of H-pyrrole nitrogens is 2. The molecule has 2 aromatic carbocycles. The lowest BCUT2D eigenvalue weighted by molar-refractivity contribution is 0.0697. The molecule has 0 aliphatic rings. The van der Waals surface area contributed by atoms with Gasteiger partial charge in [0.2, 0.25) is 5.95 Å². The van der Waals surface area contributed by atoms with Gasteiger partial charge in [0.1, 0.15) is 0 Å². The zero-order valence-corrected chi connectivity index (χ0v) is 11.2. The van der Waals surface area contributed by atoms with Crippen LogP contribution in [0.2, 0.25) is 0 Å². The number of carboxylic acid groups (broad SMARTS) is 1. The molecule has 2 aromatic heterocycles. The number of aromatic carboxylic acids is 1. The van der Waals surface area contributed by atoms with E-state index in [1.165, 1.54) is 16.7 Å². The highest BCUT2D eigenvalue weighted by Gasteiger charge is 2.14. The van der Waals surface area contributed by atoms with Crippen LogP contribution in [0.5, 0.6) is 0 Å². The monoisotopic (exact) mass is 294 g/mol. The molecule has 108 valence electrons. The first-order chi connectivity index (χ1) is 10.6. The summed E-state index contributed by atoms with van der Waals surface area (Å²) >= 11 is 0. The molecule has 0 unspecified atom stereocenters. The van der Waals surface area contributed by atoms with Gasteiger partial charge in [0.05, 0.1) is 27.6 Å². The topological polar surface area (TPSA) is 104 Å². The Morgan fingerprint density at radius 3 is 2.68 bits per heavy atom. The van der Waals surface area contributed by atoms with Gasteiger partial charge in [0.15, 0.2) is 0 Å². The van der Waals surface area contributed by atoms with Gasteiger partial charge < -0.3 is 15.1 Å². The first-order valence-corrected chi connectivity index (χ1v) is 6.57. The lowest BCUT2D eigenvalue weighted by atomic mass is 10.2. The van der Waals surface area contributed by atoms with Crippen molar-refractivity contribution in [3.05, 3.63) is 58.5 Å². The predicted octanol–water partition coefficient (Wildman–Crippen LogP) is 1.89. The molecule has 7 heteroatoms. The van der Waals surface area contributed by atoms with E-state index in [0.29, 0.717) is 17.0 Å². The Balaban J connectivity index is 2.04. The smallest absolute Gasteiger partial charge is 0.335 e. The first-order valence-electron chi connectivity index (χ1n) is 6.57. The third kappa shape index (κ3) is 1.72. The molecule has 0 saturated heterocycles. The Hall–Kier alpha value is -3.35. The molecule has 4 rings (SSSR count). The summed E-state index contributed by atoms with van der Waals surface area (Å²) in [7, 11) is 0. The van der Waals surface area contributed by atoms with Crippen LogP contribution < -0.4 is 5.69 Å². The quantitative estimate of drug-likeness (QED) is 0.525. The van der Waals surface area contributed by atoms with Gasteiger partial charge in [-0.1, -0.05) is 12.1 Å². The molecule has 0 fully saturated rings. The fraction of sp³-hybridized carbons (Fsp3) is 0. The van der Waals surface area contributed by atoms with Crippen molar-refractivity contribution in [3.63, 3.8) is 0 Å². The molecule has 0 saturated carbocycles. The average molecular weight is 294 g/mol. The SMILES string of the molecule is O=C(O)c1ccc2[nH]c(=O)n(-c3nc4ccccc4[nH]3)c2c1. The van der Waals surface area contributed by atoms with Crippen LogP contribution >= 0.6 is 0 Å². The van der Waals surface area contributed by atoms with E-state index in [-0.39, 0.29) is 11.3 Å². The molecular weight excluding hydrogens is 284 g/mol. The molecule has 0 atom stereocenters. The van der Waals surface area contributed by atoms with E-state index in [2.05, 4.69) is 15.0 Å². The minimum Gasteiger partial charge on any atom is -0.478 e. The molecule has 2 heterocycles. The summed E-state index contributed by atoms with van der Waals surface area (Å²) in [6, 6.07) is 11.9. The Bertz CT molecular complexity index is 1050. The third-order valence-electron chi connectivity index (χ3n) is 3.52. The molecule has 0 aliphatic heterocycles. The summed E-state index contributed by atoms with van der Waals surface area (Å²) in [6.45, 7) is 0. The van der Waals surface area contributed by atoms with E-state index in [1.54, 1.807) is 6.07 Å². The van der Waals surface area contributed by atoms with E-state index in [0.717, 1.165) is 11.0 Å². The van der Waals surface area contributed by atoms with Crippen molar-refractivity contribution < 1.29 is 9.90 Å². The summed E-state index contributed by atoms with van der Waals surface area (Å²) in [5.74, 6) is -0.702. The third-order valence-corrected chi connectivity index (χ3v) is 3.52. The lowest BCUT2D eigenvalue weighted by Gasteiger charge is -1.99. The second kappa shape index (κ2) is 4.32. The number of aromatic nitrogens is 4. The van der Waals surface area contributed by atoms with Crippen LogP contribution in [-0.4, -0.2) is 30.6 Å². The number of fused-ring (bicyclic) bond motifs is 2. The van der Waals surface area contributed by atoms with Crippen LogP contribution in [0.1, 0.15) is 10.4 Å². The number of aromatic amines is 2. The molecule has 7 nitrogen and oxygen atoms in total. The van der Waals surface area contributed by atoms with E-state index in [4.69, 9.17) is 5.11 Å². The number of rotatable bonds is 2. The van der Waals surface area contributed by atoms with Crippen molar-refractivity contribution >= 4 is 28.0 Å². The number of para-hydroxylation sites is 2. The maximum atomic E-state index is 12.2. The van der Waals surface area contributed by atoms with Gasteiger partial charge in [-0.05, 0) is 30.3 Å². The molecule has 3 N–H and O–H groups in total. The summed E-state index contributed by atoms with van der Waals surface area (Å²) in [5, 5.41) is 9.11. The van der Waals surface area contributed by atoms with Gasteiger partial charge in [0, 0.05) is 0 Å². The highest BCUT2D eigenvalue weighted by atomic mass is 16.4. The van der Waals surface area contributed by atoms with Gasteiger partial charge in [-0.15, -0.1) is 0 Å². The normalized spacial score (nSPS) is 11.3. The molecule has 0 radical (unpaired) electrons. The molecule has 22 heavy (non-hydrogen) atoms. The van der Waals surface area contributed by atoms with Crippen molar-refractivity contribution in [2.45, 2.75) is 0 Å². The Kier molecular flexibility index (Phi) is 2.43. The fourth-order valence-corrected chi connectivity index (χ4v) is 2.49. The number of hydrogen-bond donors (Lipinski definition) is 3. The molecular formula is C15H10N4O3. The predicted molar refractivity (Wildman–Crippen MR) is 80.5 cm³/mol. The molecule has 0 aliphatic carbocycles. The molecule has 0 amide bonds. The maximum absolute atomic E-state index is 12.2. The van der Waals surface area contributed by atoms with E-state index in [1.807, 2.05) is 24.3 Å². The van der Waals surface area contributed by atoms with Gasteiger partial charge in [0.25, 0.3) is 0 Å². The highest BCUT2D eigenvalue weighted by molar-refractivity contribution is 5.92. The number of nitrogens with zero attached hydrogens (tertiary/aromatic N) is 2. The second-order valence-electron chi connectivity index (χ2n) is 4.88. The van der Waals surface area contributed by atoms with E-state index in [9.17, 15) is 9.59 Å². The van der Waals surface area contributed by atoms with Crippen molar-refractivity contribution in [3.8, 4) is 5.95 Å². The van der Waals surface area contributed by atoms with Crippen LogP contribution in [0.15, 0.2) is 47.3 Å². The molecule has 0 bridgehead atoms. The second-order valence-corrected chi connectivity index (χ2v) is 4.88. The number of hydrogen-bond acceptors (Lipinski definition) is 3. The number of nitrogens with one attached hydrogen (secondary N) is 2. The van der Waals surface area contributed by atoms with Gasteiger partial charge in [-0.25, -0.2) is 19.1 Å². The number of benzene rings is 2. The number of carbonyl (C=O) groups is 1. The summed E-state index contributed by atoms with van der Waals surface area (Å²) in [6.07, 6.45) is 0. The summed E-state index contributed by atoms with van der Waals surface area (Å²) in [4.78, 5) is 33.5. The highest BCUT2D eigenvalue weighted by Crippen LogP contribution is 2.18. The zero-order valence-electron chi connectivity index (χ0n) is 11.2. The van der Waals surface area contributed by atoms with Crippen molar-refractivity contribution in [2.24, 2.45) is 0 Å². The Morgan fingerprint density at radius 2 is 1.91 bits per heavy atom. The van der Waals surface area contributed by atoms with Crippen LogP contribution in [0.25, 0.3) is 28.0 Å². The van der Waals surface area contributed by atoms with Gasteiger partial charge >= 0.3 is 11.7 Å². The fourth-order valence-electron chi connectivity index (χ4n) is 2.49. The number of carboxylic acids is 1. The standard InChI is InChI=1S/C15H10N4O3/c20-13(21)8-5-6-11-12(7-8)19(15(22)18-11)14-16-9-3-1-2-4-10(9)17-14/h1-7H,(H,16,17)(H,18,22)(H,20,21). The zero-order chi connectivity index (χ0) is 15.3. The van der Waals surface area contributed by atoms with Crippen LogP contribution in [0.4, 0.5) is 0 Å². The van der Waals surface area contributed by atoms with Crippen molar-refractivity contribution in [2.75, 3.05) is 0 Å². The van der Waals surface area contributed by atoms with E-state index < -0.39 is 5.97 Å². The van der Waals surface area contributed by atoms with Crippen LogP contribution in [0, 0.1) is 0 Å². The van der Waals surface area contributed by atoms with Crippen LogP contribution in [0.3, 0.4) is 0 Å². The molecule has 0 spiro atoms. The van der Waals surface area contributed by atoms with Crippen LogP contribution in [-0.2, 0) is 0 Å². The lowest BCUT2D eigenvalue weighted by Crippen LogP contribution is -2.15. The van der Waals surface area contributed by atoms with Crippen molar-refractivity contribution in [1.29, 1.82) is 0 Å². The largest absolute Gasteiger partial charge is 0.478 e. The summed E-state index contributed by atoms with van der Waals surface area (Å²) < 4.78 is 1.34. The molecule has 4 aromatic rings. The Labute approximate surface area is 122 Å². The average Bonchev–Trinajstić information content (AvgIpc) is 3.05. The Morgan fingerprint density at radius 1 is 1.09 bits per heavy atom. The van der Waals surface area contributed by atoms with E-state index >= 15 is 0 Å². The first kappa shape index (κ1) is 12.4. The van der Waals surface area contributed by atoms with Crippen molar-refractivity contribution in [1.82, 2.24) is 19.5 Å². The summed E-state index contributed by atoms with van der Waals surface area (Å²) in [5.41, 5.74) is 2.27. The minimum absolute atomic E-state index is 0.108. The number of imidazole rings is 2. The maximum Gasteiger partial charge on any atom is 0.335 e.